The molecule has 1 N–H and O–H groups in total. The molecule has 28 heavy (non-hydrogen) atoms. The van der Waals surface area contributed by atoms with Gasteiger partial charge in [0.15, 0.2) is 6.61 Å². The standard InChI is InChI=1S/C21H24N2O5/c1-4-23(5-2)16-12-10-15(11-13-16)20(25)28-14-19(24)22-18-9-7-6-8-17(18)21(26)27-3/h6-13H,4-5,14H2,1-3H3,(H,22,24). The fourth-order valence-electron chi connectivity index (χ4n) is 2.68. The number of para-hydroxylation sites is 1. The summed E-state index contributed by atoms with van der Waals surface area (Å²) in [6, 6.07) is 13.4. The van der Waals surface area contributed by atoms with Crippen LogP contribution in [0.4, 0.5) is 11.4 Å². The van der Waals surface area contributed by atoms with Crippen LogP contribution in [0.2, 0.25) is 0 Å². The Morgan fingerprint density at radius 2 is 1.57 bits per heavy atom. The number of carbonyl (C=O) groups is 3. The van der Waals surface area contributed by atoms with Crippen molar-refractivity contribution >= 4 is 29.2 Å². The second kappa shape index (κ2) is 10.1. The SMILES string of the molecule is CCN(CC)c1ccc(C(=O)OCC(=O)Nc2ccccc2C(=O)OC)cc1. The topological polar surface area (TPSA) is 84.9 Å². The van der Waals surface area contributed by atoms with Gasteiger partial charge in [0.05, 0.1) is 23.9 Å². The van der Waals surface area contributed by atoms with Gasteiger partial charge in [-0.05, 0) is 50.2 Å². The molecule has 0 bridgehead atoms. The zero-order chi connectivity index (χ0) is 20.5. The molecule has 0 fully saturated rings. The first kappa shape index (κ1) is 21.0. The van der Waals surface area contributed by atoms with Crippen molar-refractivity contribution in [1.82, 2.24) is 0 Å². The van der Waals surface area contributed by atoms with Crippen molar-refractivity contribution in [1.29, 1.82) is 0 Å². The number of esters is 2. The van der Waals surface area contributed by atoms with E-state index in [1.165, 1.54) is 13.2 Å². The molecule has 2 aromatic rings. The number of amides is 1. The Labute approximate surface area is 164 Å². The van der Waals surface area contributed by atoms with Crippen LogP contribution >= 0.6 is 0 Å². The monoisotopic (exact) mass is 384 g/mol. The molecule has 0 spiro atoms. The van der Waals surface area contributed by atoms with E-state index in [2.05, 4.69) is 28.8 Å². The summed E-state index contributed by atoms with van der Waals surface area (Å²) in [4.78, 5) is 38.1. The Morgan fingerprint density at radius 1 is 0.929 bits per heavy atom. The highest BCUT2D eigenvalue weighted by Gasteiger charge is 2.15. The summed E-state index contributed by atoms with van der Waals surface area (Å²) in [6.07, 6.45) is 0. The predicted molar refractivity (Wildman–Crippen MR) is 107 cm³/mol. The molecule has 0 saturated carbocycles. The van der Waals surface area contributed by atoms with Crippen LogP contribution in [0.5, 0.6) is 0 Å². The maximum atomic E-state index is 12.2. The average molecular weight is 384 g/mol. The van der Waals surface area contributed by atoms with Crippen LogP contribution in [0, 0.1) is 0 Å². The first-order valence-electron chi connectivity index (χ1n) is 8.99. The maximum absolute atomic E-state index is 12.2. The minimum absolute atomic E-state index is 0.219. The summed E-state index contributed by atoms with van der Waals surface area (Å²) in [5, 5.41) is 2.55. The molecule has 0 atom stereocenters. The molecule has 148 valence electrons. The minimum Gasteiger partial charge on any atom is -0.465 e. The number of nitrogens with zero attached hydrogens (tertiary/aromatic N) is 1. The number of carbonyl (C=O) groups excluding carboxylic acids is 3. The van der Waals surface area contributed by atoms with Gasteiger partial charge in [0.1, 0.15) is 0 Å². The third kappa shape index (κ3) is 5.33. The Balaban J connectivity index is 1.94. The molecular weight excluding hydrogens is 360 g/mol. The molecule has 0 aliphatic rings. The number of nitrogens with one attached hydrogen (secondary N) is 1. The van der Waals surface area contributed by atoms with E-state index in [9.17, 15) is 14.4 Å². The molecule has 0 aromatic heterocycles. The number of anilines is 2. The van der Waals surface area contributed by atoms with Gasteiger partial charge < -0.3 is 19.7 Å². The molecule has 0 heterocycles. The molecule has 0 unspecified atom stereocenters. The highest BCUT2D eigenvalue weighted by Crippen LogP contribution is 2.17. The van der Waals surface area contributed by atoms with E-state index < -0.39 is 24.5 Å². The first-order valence-corrected chi connectivity index (χ1v) is 8.99. The lowest BCUT2D eigenvalue weighted by Crippen LogP contribution is -2.23. The number of hydrogen-bond acceptors (Lipinski definition) is 6. The fraction of sp³-hybridized carbons (Fsp3) is 0.286. The van der Waals surface area contributed by atoms with Gasteiger partial charge in [0.2, 0.25) is 0 Å². The number of ether oxygens (including phenoxy) is 2. The molecule has 1 amide bonds. The highest BCUT2D eigenvalue weighted by molar-refractivity contribution is 6.02. The van der Waals surface area contributed by atoms with Gasteiger partial charge in [-0.1, -0.05) is 12.1 Å². The van der Waals surface area contributed by atoms with Gasteiger partial charge in [-0.25, -0.2) is 9.59 Å². The van der Waals surface area contributed by atoms with Crippen LogP contribution < -0.4 is 10.2 Å². The Kier molecular flexibility index (Phi) is 7.56. The Bertz CT molecular complexity index is 829. The zero-order valence-electron chi connectivity index (χ0n) is 16.2. The molecule has 0 radical (unpaired) electrons. The van der Waals surface area contributed by atoms with E-state index in [4.69, 9.17) is 4.74 Å². The van der Waals surface area contributed by atoms with Crippen LogP contribution in [-0.4, -0.2) is 44.7 Å². The largest absolute Gasteiger partial charge is 0.465 e. The molecule has 2 rings (SSSR count). The van der Waals surface area contributed by atoms with Crippen LogP contribution in [0.3, 0.4) is 0 Å². The van der Waals surface area contributed by atoms with E-state index in [1.807, 2.05) is 12.1 Å². The van der Waals surface area contributed by atoms with Crippen molar-refractivity contribution in [2.45, 2.75) is 13.8 Å². The number of hydrogen-bond donors (Lipinski definition) is 1. The Morgan fingerprint density at radius 3 is 2.18 bits per heavy atom. The smallest absolute Gasteiger partial charge is 0.339 e. The second-order valence-corrected chi connectivity index (χ2v) is 5.88. The molecule has 0 aliphatic carbocycles. The van der Waals surface area contributed by atoms with Crippen molar-refractivity contribution in [3.63, 3.8) is 0 Å². The predicted octanol–water partition coefficient (Wildman–Crippen LogP) is 3.11. The van der Waals surface area contributed by atoms with Crippen molar-refractivity contribution in [3.8, 4) is 0 Å². The van der Waals surface area contributed by atoms with E-state index in [1.54, 1.807) is 30.3 Å². The zero-order valence-corrected chi connectivity index (χ0v) is 16.2. The summed E-state index contributed by atoms with van der Waals surface area (Å²) < 4.78 is 9.74. The van der Waals surface area contributed by atoms with Gasteiger partial charge in [-0.15, -0.1) is 0 Å². The molecule has 2 aromatic carbocycles. The average Bonchev–Trinajstić information content (AvgIpc) is 2.73. The van der Waals surface area contributed by atoms with Gasteiger partial charge in [-0.2, -0.15) is 0 Å². The molecule has 0 saturated heterocycles. The van der Waals surface area contributed by atoms with Crippen LogP contribution in [-0.2, 0) is 14.3 Å². The van der Waals surface area contributed by atoms with Crippen molar-refractivity contribution in [2.75, 3.05) is 37.0 Å². The first-order chi connectivity index (χ1) is 13.5. The third-order valence-electron chi connectivity index (χ3n) is 4.17. The maximum Gasteiger partial charge on any atom is 0.339 e. The molecule has 7 nitrogen and oxygen atoms in total. The van der Waals surface area contributed by atoms with Crippen molar-refractivity contribution in [3.05, 3.63) is 59.7 Å². The summed E-state index contributed by atoms with van der Waals surface area (Å²) in [5.74, 6) is -1.71. The highest BCUT2D eigenvalue weighted by atomic mass is 16.5. The van der Waals surface area contributed by atoms with Crippen molar-refractivity contribution in [2.24, 2.45) is 0 Å². The summed E-state index contributed by atoms with van der Waals surface area (Å²) in [5.41, 5.74) is 1.88. The number of rotatable bonds is 8. The third-order valence-corrected chi connectivity index (χ3v) is 4.17. The van der Waals surface area contributed by atoms with Crippen LogP contribution in [0.15, 0.2) is 48.5 Å². The van der Waals surface area contributed by atoms with Crippen LogP contribution in [0.25, 0.3) is 0 Å². The van der Waals surface area contributed by atoms with Gasteiger partial charge in [-0.3, -0.25) is 4.79 Å². The van der Waals surface area contributed by atoms with E-state index >= 15 is 0 Å². The summed E-state index contributed by atoms with van der Waals surface area (Å²) in [6.45, 7) is 5.39. The van der Waals surface area contributed by atoms with Gasteiger partial charge in [0, 0.05) is 18.8 Å². The van der Waals surface area contributed by atoms with Crippen LogP contribution in [0.1, 0.15) is 34.6 Å². The number of benzene rings is 2. The lowest BCUT2D eigenvalue weighted by atomic mass is 10.2. The fourth-order valence-corrected chi connectivity index (χ4v) is 2.68. The summed E-state index contributed by atoms with van der Waals surface area (Å²) in [7, 11) is 1.26. The van der Waals surface area contributed by atoms with Gasteiger partial charge in [0.25, 0.3) is 5.91 Å². The van der Waals surface area contributed by atoms with Gasteiger partial charge >= 0.3 is 11.9 Å². The summed E-state index contributed by atoms with van der Waals surface area (Å²) >= 11 is 0. The lowest BCUT2D eigenvalue weighted by Gasteiger charge is -2.20. The van der Waals surface area contributed by atoms with E-state index in [0.717, 1.165) is 18.8 Å². The van der Waals surface area contributed by atoms with Crippen molar-refractivity contribution < 1.29 is 23.9 Å². The quantitative estimate of drug-likeness (QED) is 0.704. The Hall–Kier alpha value is -3.35. The van der Waals surface area contributed by atoms with E-state index in [-0.39, 0.29) is 5.56 Å². The lowest BCUT2D eigenvalue weighted by molar-refractivity contribution is -0.119. The number of methoxy groups -OCH3 is 1. The minimum atomic E-state index is -0.595. The normalized spacial score (nSPS) is 10.1. The second-order valence-electron chi connectivity index (χ2n) is 5.88. The molecule has 0 aliphatic heterocycles. The molecule has 7 heteroatoms. The van der Waals surface area contributed by atoms with E-state index in [0.29, 0.717) is 11.3 Å². The molecular formula is C21H24N2O5.